The minimum atomic E-state index is -1.05. The topological polar surface area (TPSA) is 93.3 Å². The summed E-state index contributed by atoms with van der Waals surface area (Å²) in [4.78, 5) is 8.70. The number of nitrogens with two attached hydrogens (primary N) is 1. The van der Waals surface area contributed by atoms with Crippen LogP contribution in [-0.2, 0) is 0 Å². The number of hydrogen-bond acceptors (Lipinski definition) is 7. The number of hydrogen-bond donors (Lipinski definition) is 3. The van der Waals surface area contributed by atoms with Gasteiger partial charge in [-0.3, -0.25) is 4.98 Å². The van der Waals surface area contributed by atoms with Crippen LogP contribution in [0.5, 0.6) is 5.75 Å². The quantitative estimate of drug-likeness (QED) is 0.583. The van der Waals surface area contributed by atoms with Crippen LogP contribution in [0.15, 0.2) is 48.1 Å². The Hall–Kier alpha value is -2.48. The summed E-state index contributed by atoms with van der Waals surface area (Å²) in [6.45, 7) is 3.92. The molecule has 0 aliphatic rings. The molecule has 1 aromatic carbocycles. The lowest BCUT2D eigenvalue weighted by molar-refractivity contribution is 0.186. The molecule has 0 bridgehead atoms. The number of rotatable bonds is 6. The minimum absolute atomic E-state index is 0.0245. The maximum absolute atomic E-state index is 9.63. The molecule has 0 amide bonds. The Bertz CT molecular complexity index is 834. The van der Waals surface area contributed by atoms with E-state index >= 15 is 0 Å². The van der Waals surface area contributed by atoms with Crippen LogP contribution in [0.25, 0.3) is 11.3 Å². The molecular weight excluding hydrogens is 336 g/mol. The zero-order valence-corrected chi connectivity index (χ0v) is 14.8. The van der Waals surface area contributed by atoms with Gasteiger partial charge in [0, 0.05) is 23.3 Å². The Morgan fingerprint density at radius 3 is 2.80 bits per heavy atom. The second-order valence-corrected chi connectivity index (χ2v) is 6.63. The number of anilines is 2. The molecule has 0 spiro atoms. The predicted octanol–water partition coefficient (Wildman–Crippen LogP) is 3.69. The number of aliphatic hydroxyl groups is 1. The smallest absolute Gasteiger partial charge is 0.187 e. The molecule has 130 valence electrons. The number of aliphatic hydroxyl groups excluding tert-OH is 1. The molecule has 25 heavy (non-hydrogen) atoms. The van der Waals surface area contributed by atoms with Gasteiger partial charge in [-0.25, -0.2) is 4.98 Å². The van der Waals surface area contributed by atoms with Gasteiger partial charge in [0.2, 0.25) is 0 Å². The van der Waals surface area contributed by atoms with Gasteiger partial charge in [0.25, 0.3) is 0 Å². The van der Waals surface area contributed by atoms with Gasteiger partial charge in [0.05, 0.1) is 17.5 Å². The summed E-state index contributed by atoms with van der Waals surface area (Å²) in [7, 11) is 0. The van der Waals surface area contributed by atoms with Gasteiger partial charge in [-0.1, -0.05) is 6.07 Å². The molecule has 3 aromatic rings. The van der Waals surface area contributed by atoms with E-state index < -0.39 is 6.23 Å². The highest BCUT2D eigenvalue weighted by molar-refractivity contribution is 7.14. The van der Waals surface area contributed by atoms with E-state index in [9.17, 15) is 5.11 Å². The number of nitrogens with zero attached hydrogens (tertiary/aromatic N) is 2. The van der Waals surface area contributed by atoms with Gasteiger partial charge in [-0.15, -0.1) is 11.3 Å². The van der Waals surface area contributed by atoms with Crippen molar-refractivity contribution in [2.24, 2.45) is 5.73 Å². The first kappa shape index (κ1) is 17.3. The molecular formula is C18H20N4O2S. The van der Waals surface area contributed by atoms with E-state index in [1.807, 2.05) is 31.4 Å². The van der Waals surface area contributed by atoms with Crippen molar-refractivity contribution in [1.29, 1.82) is 0 Å². The van der Waals surface area contributed by atoms with E-state index in [1.54, 1.807) is 30.6 Å². The molecule has 3 rings (SSSR count). The highest BCUT2D eigenvalue weighted by Crippen LogP contribution is 2.33. The zero-order chi connectivity index (χ0) is 17.8. The highest BCUT2D eigenvalue weighted by Gasteiger charge is 2.12. The largest absolute Gasteiger partial charge is 0.489 e. The van der Waals surface area contributed by atoms with E-state index in [1.165, 1.54) is 11.3 Å². The molecule has 0 fully saturated rings. The van der Waals surface area contributed by atoms with E-state index in [4.69, 9.17) is 10.5 Å². The molecule has 6 nitrogen and oxygen atoms in total. The Morgan fingerprint density at radius 1 is 1.28 bits per heavy atom. The lowest BCUT2D eigenvalue weighted by Crippen LogP contribution is -2.11. The maximum Gasteiger partial charge on any atom is 0.187 e. The van der Waals surface area contributed by atoms with Crippen molar-refractivity contribution in [3.05, 3.63) is 53.7 Å². The Labute approximate surface area is 150 Å². The molecule has 1 unspecified atom stereocenters. The van der Waals surface area contributed by atoms with Crippen LogP contribution in [0.1, 0.15) is 25.6 Å². The fourth-order valence-electron chi connectivity index (χ4n) is 2.28. The summed E-state index contributed by atoms with van der Waals surface area (Å²) >= 11 is 1.48. The summed E-state index contributed by atoms with van der Waals surface area (Å²) in [5, 5.41) is 15.6. The van der Waals surface area contributed by atoms with E-state index in [2.05, 4.69) is 15.3 Å². The predicted molar refractivity (Wildman–Crippen MR) is 100.0 cm³/mol. The third-order valence-electron chi connectivity index (χ3n) is 3.41. The lowest BCUT2D eigenvalue weighted by atomic mass is 10.1. The number of benzene rings is 1. The average Bonchev–Trinajstić information content (AvgIpc) is 3.05. The van der Waals surface area contributed by atoms with E-state index in [0.29, 0.717) is 17.0 Å². The van der Waals surface area contributed by atoms with Gasteiger partial charge < -0.3 is 20.9 Å². The van der Waals surface area contributed by atoms with Gasteiger partial charge >= 0.3 is 0 Å². The highest BCUT2D eigenvalue weighted by atomic mass is 32.1. The molecule has 4 N–H and O–H groups in total. The van der Waals surface area contributed by atoms with Crippen LogP contribution in [0.2, 0.25) is 0 Å². The Morgan fingerprint density at radius 2 is 2.12 bits per heavy atom. The number of pyridine rings is 1. The van der Waals surface area contributed by atoms with Gasteiger partial charge in [-0.2, -0.15) is 0 Å². The van der Waals surface area contributed by atoms with E-state index in [0.717, 1.165) is 16.4 Å². The number of nitrogens with one attached hydrogen (secondary N) is 1. The Balaban J connectivity index is 1.88. The van der Waals surface area contributed by atoms with Crippen LogP contribution in [0.4, 0.5) is 10.8 Å². The number of thiazole rings is 1. The lowest BCUT2D eigenvalue weighted by Gasteiger charge is -2.16. The van der Waals surface area contributed by atoms with Gasteiger partial charge in [0.15, 0.2) is 5.13 Å². The molecule has 2 heterocycles. The number of ether oxygens (including phenoxy) is 1. The minimum Gasteiger partial charge on any atom is -0.489 e. The first-order valence-electron chi connectivity index (χ1n) is 7.90. The van der Waals surface area contributed by atoms with Crippen molar-refractivity contribution in [2.75, 3.05) is 5.32 Å². The van der Waals surface area contributed by atoms with Crippen molar-refractivity contribution in [3.63, 3.8) is 0 Å². The maximum atomic E-state index is 9.63. The van der Waals surface area contributed by atoms with Crippen LogP contribution < -0.4 is 15.8 Å². The second kappa shape index (κ2) is 7.60. The SMILES string of the molecule is CC(C)Oc1ccc(C(N)O)cc1Nc1nc(-c2cccnc2)cs1. The van der Waals surface area contributed by atoms with Crippen molar-refractivity contribution in [2.45, 2.75) is 26.2 Å². The first-order chi connectivity index (χ1) is 12.0. The average molecular weight is 356 g/mol. The van der Waals surface area contributed by atoms with Crippen molar-refractivity contribution >= 4 is 22.2 Å². The zero-order valence-electron chi connectivity index (χ0n) is 14.0. The monoisotopic (exact) mass is 356 g/mol. The fourth-order valence-corrected chi connectivity index (χ4v) is 3.01. The molecule has 0 saturated heterocycles. The summed E-state index contributed by atoms with van der Waals surface area (Å²) < 4.78 is 5.83. The number of aromatic nitrogens is 2. The van der Waals surface area contributed by atoms with Crippen molar-refractivity contribution < 1.29 is 9.84 Å². The Kier molecular flexibility index (Phi) is 5.28. The first-order valence-corrected chi connectivity index (χ1v) is 8.78. The molecule has 0 aliphatic heterocycles. The molecule has 1 atom stereocenters. The standard InChI is InChI=1S/C18H20N4O2S/c1-11(2)24-16-6-5-12(17(19)23)8-14(16)21-18-22-15(10-25-18)13-4-3-7-20-9-13/h3-11,17,23H,19H2,1-2H3,(H,21,22). The third kappa shape index (κ3) is 4.33. The van der Waals surface area contributed by atoms with Crippen LogP contribution in [0.3, 0.4) is 0 Å². The molecule has 0 aliphatic carbocycles. The summed E-state index contributed by atoms with van der Waals surface area (Å²) in [6.07, 6.45) is 2.48. The second-order valence-electron chi connectivity index (χ2n) is 5.77. The van der Waals surface area contributed by atoms with Crippen molar-refractivity contribution in [1.82, 2.24) is 9.97 Å². The van der Waals surface area contributed by atoms with Gasteiger partial charge in [-0.05, 0) is 43.7 Å². The van der Waals surface area contributed by atoms with Crippen LogP contribution in [-0.4, -0.2) is 21.2 Å². The molecule has 7 heteroatoms. The normalized spacial score (nSPS) is 12.2. The summed E-state index contributed by atoms with van der Waals surface area (Å²) in [6, 6.07) is 9.15. The summed E-state index contributed by atoms with van der Waals surface area (Å²) in [5.41, 5.74) is 8.69. The third-order valence-corrected chi connectivity index (χ3v) is 4.17. The molecule has 2 aromatic heterocycles. The molecule has 0 radical (unpaired) electrons. The fraction of sp³-hybridized carbons (Fsp3) is 0.222. The summed E-state index contributed by atoms with van der Waals surface area (Å²) in [5.74, 6) is 0.678. The van der Waals surface area contributed by atoms with E-state index in [-0.39, 0.29) is 6.10 Å². The van der Waals surface area contributed by atoms with Crippen LogP contribution >= 0.6 is 11.3 Å². The van der Waals surface area contributed by atoms with Crippen LogP contribution in [0, 0.1) is 0 Å². The van der Waals surface area contributed by atoms with Crippen molar-refractivity contribution in [3.8, 4) is 17.0 Å². The molecule has 0 saturated carbocycles. The van der Waals surface area contributed by atoms with Gasteiger partial charge in [0.1, 0.15) is 12.0 Å².